The minimum Gasteiger partial charge on any atom is -0.495 e. The van der Waals surface area contributed by atoms with Crippen molar-refractivity contribution < 1.29 is 14.3 Å². The van der Waals surface area contributed by atoms with Crippen molar-refractivity contribution in [3.63, 3.8) is 0 Å². The molecule has 0 aliphatic carbocycles. The molecule has 3 aromatic carbocycles. The molecule has 2 amide bonds. The molecule has 0 aliphatic rings. The molecular formula is C22H20N2O3. The maximum absolute atomic E-state index is 12.4. The van der Waals surface area contributed by atoms with Gasteiger partial charge in [0, 0.05) is 16.8 Å². The van der Waals surface area contributed by atoms with Crippen LogP contribution in [0.3, 0.4) is 0 Å². The maximum Gasteiger partial charge on any atom is 0.255 e. The maximum atomic E-state index is 12.4. The Balaban J connectivity index is 1.70. The topological polar surface area (TPSA) is 67.4 Å². The number of amides is 2. The van der Waals surface area contributed by atoms with E-state index in [1.54, 1.807) is 43.5 Å². The third-order valence-electron chi connectivity index (χ3n) is 4.16. The lowest BCUT2D eigenvalue weighted by Gasteiger charge is -2.10. The average Bonchev–Trinajstić information content (AvgIpc) is 2.70. The number of rotatable bonds is 5. The summed E-state index contributed by atoms with van der Waals surface area (Å²) >= 11 is 0. The number of carbonyl (C=O) groups excluding carboxylic acids is 2. The van der Waals surface area contributed by atoms with Crippen LogP contribution >= 0.6 is 0 Å². The van der Waals surface area contributed by atoms with E-state index < -0.39 is 0 Å². The van der Waals surface area contributed by atoms with Crippen LogP contribution in [-0.2, 0) is 0 Å². The molecule has 136 valence electrons. The Morgan fingerprint density at radius 3 is 1.74 bits per heavy atom. The van der Waals surface area contributed by atoms with Crippen molar-refractivity contribution in [3.8, 4) is 5.75 Å². The first-order chi connectivity index (χ1) is 13.1. The van der Waals surface area contributed by atoms with Gasteiger partial charge in [-0.05, 0) is 55.0 Å². The number of aryl methyl sites for hydroxylation is 1. The molecule has 0 saturated heterocycles. The summed E-state index contributed by atoms with van der Waals surface area (Å²) in [6, 6.07) is 21.3. The second-order valence-electron chi connectivity index (χ2n) is 6.00. The van der Waals surface area contributed by atoms with Gasteiger partial charge in [0.15, 0.2) is 0 Å². The molecular weight excluding hydrogens is 340 g/mol. The van der Waals surface area contributed by atoms with Gasteiger partial charge in [0.25, 0.3) is 11.8 Å². The summed E-state index contributed by atoms with van der Waals surface area (Å²) in [6.45, 7) is 1.93. The molecule has 0 saturated carbocycles. The second-order valence-corrected chi connectivity index (χ2v) is 6.00. The first-order valence-corrected chi connectivity index (χ1v) is 8.50. The fourth-order valence-corrected chi connectivity index (χ4v) is 2.62. The Hall–Kier alpha value is -3.60. The van der Waals surface area contributed by atoms with Crippen molar-refractivity contribution >= 4 is 23.2 Å². The molecule has 5 heteroatoms. The van der Waals surface area contributed by atoms with Crippen molar-refractivity contribution in [2.24, 2.45) is 0 Å². The third kappa shape index (κ3) is 4.33. The van der Waals surface area contributed by atoms with Gasteiger partial charge in [-0.2, -0.15) is 0 Å². The van der Waals surface area contributed by atoms with Gasteiger partial charge in [-0.15, -0.1) is 0 Å². The molecule has 27 heavy (non-hydrogen) atoms. The summed E-state index contributed by atoms with van der Waals surface area (Å²) in [5, 5.41) is 5.68. The number of hydrogen-bond donors (Lipinski definition) is 2. The standard InChI is InChI=1S/C22H20N2O3/c1-15-7-3-4-8-18(15)23-21(25)16-11-13-17(14-12-16)22(26)24-19-9-5-6-10-20(19)27-2/h3-14H,1-2H3,(H,23,25)(H,24,26). The minimum atomic E-state index is -0.273. The zero-order valence-corrected chi connectivity index (χ0v) is 15.2. The quantitative estimate of drug-likeness (QED) is 0.703. The van der Waals surface area contributed by atoms with Crippen LogP contribution in [0.15, 0.2) is 72.8 Å². The van der Waals surface area contributed by atoms with E-state index in [-0.39, 0.29) is 11.8 Å². The third-order valence-corrected chi connectivity index (χ3v) is 4.16. The molecule has 0 unspecified atom stereocenters. The number of para-hydroxylation sites is 3. The zero-order valence-electron chi connectivity index (χ0n) is 15.2. The molecule has 2 N–H and O–H groups in total. The van der Waals surface area contributed by atoms with Gasteiger partial charge in [0.05, 0.1) is 12.8 Å². The minimum absolute atomic E-state index is 0.221. The van der Waals surface area contributed by atoms with Crippen LogP contribution in [0.4, 0.5) is 11.4 Å². The summed E-state index contributed by atoms with van der Waals surface area (Å²) in [5.41, 5.74) is 3.27. The van der Waals surface area contributed by atoms with Crippen LogP contribution < -0.4 is 15.4 Å². The van der Waals surface area contributed by atoms with E-state index in [4.69, 9.17) is 4.74 Å². The largest absolute Gasteiger partial charge is 0.495 e. The highest BCUT2D eigenvalue weighted by atomic mass is 16.5. The Labute approximate surface area is 158 Å². The fourth-order valence-electron chi connectivity index (χ4n) is 2.62. The van der Waals surface area contributed by atoms with Gasteiger partial charge < -0.3 is 15.4 Å². The van der Waals surface area contributed by atoms with Crippen molar-refractivity contribution in [2.75, 3.05) is 17.7 Å². The lowest BCUT2D eigenvalue weighted by molar-refractivity contribution is 0.101. The van der Waals surface area contributed by atoms with Gasteiger partial charge in [-0.3, -0.25) is 9.59 Å². The normalized spacial score (nSPS) is 10.1. The van der Waals surface area contributed by atoms with Gasteiger partial charge in [0.2, 0.25) is 0 Å². The van der Waals surface area contributed by atoms with Crippen LogP contribution in [0.5, 0.6) is 5.75 Å². The van der Waals surface area contributed by atoms with Crippen LogP contribution in [0.1, 0.15) is 26.3 Å². The van der Waals surface area contributed by atoms with Crippen molar-refractivity contribution in [1.82, 2.24) is 0 Å². The van der Waals surface area contributed by atoms with Crippen molar-refractivity contribution in [2.45, 2.75) is 6.92 Å². The van der Waals surface area contributed by atoms with Crippen molar-refractivity contribution in [1.29, 1.82) is 0 Å². The fraction of sp³-hybridized carbons (Fsp3) is 0.0909. The number of hydrogen-bond acceptors (Lipinski definition) is 3. The first-order valence-electron chi connectivity index (χ1n) is 8.50. The van der Waals surface area contributed by atoms with Gasteiger partial charge in [-0.25, -0.2) is 0 Å². The van der Waals surface area contributed by atoms with Gasteiger partial charge >= 0.3 is 0 Å². The van der Waals surface area contributed by atoms with E-state index in [9.17, 15) is 9.59 Å². The van der Waals surface area contributed by atoms with E-state index in [0.29, 0.717) is 22.6 Å². The van der Waals surface area contributed by atoms with Crippen molar-refractivity contribution in [3.05, 3.63) is 89.5 Å². The smallest absolute Gasteiger partial charge is 0.255 e. The lowest BCUT2D eigenvalue weighted by atomic mass is 10.1. The SMILES string of the molecule is COc1ccccc1NC(=O)c1ccc(C(=O)Nc2ccccc2C)cc1. The number of benzene rings is 3. The molecule has 0 radical (unpaired) electrons. The Morgan fingerprint density at radius 1 is 0.704 bits per heavy atom. The summed E-state index contributed by atoms with van der Waals surface area (Å²) < 4.78 is 5.23. The number of carbonyl (C=O) groups is 2. The first kappa shape index (κ1) is 18.2. The Kier molecular flexibility index (Phi) is 5.52. The number of anilines is 2. The van der Waals surface area contributed by atoms with Gasteiger partial charge in [-0.1, -0.05) is 30.3 Å². The van der Waals surface area contributed by atoms with Crippen LogP contribution in [-0.4, -0.2) is 18.9 Å². The monoisotopic (exact) mass is 360 g/mol. The molecule has 0 aromatic heterocycles. The van der Waals surface area contributed by atoms with Gasteiger partial charge in [0.1, 0.15) is 5.75 Å². The molecule has 0 atom stereocenters. The summed E-state index contributed by atoms with van der Waals surface area (Å²) in [5.74, 6) is 0.0893. The molecule has 0 heterocycles. The molecule has 0 fully saturated rings. The zero-order chi connectivity index (χ0) is 19.2. The number of nitrogens with one attached hydrogen (secondary N) is 2. The Morgan fingerprint density at radius 2 is 1.19 bits per heavy atom. The number of methoxy groups -OCH3 is 1. The highest BCUT2D eigenvalue weighted by molar-refractivity contribution is 6.07. The lowest BCUT2D eigenvalue weighted by Crippen LogP contribution is -2.15. The molecule has 0 bridgehead atoms. The summed E-state index contributed by atoms with van der Waals surface area (Å²) in [7, 11) is 1.55. The van der Waals surface area contributed by atoms with Crippen LogP contribution in [0.25, 0.3) is 0 Å². The highest BCUT2D eigenvalue weighted by Crippen LogP contribution is 2.23. The molecule has 0 spiro atoms. The van der Waals surface area contributed by atoms with Crippen LogP contribution in [0, 0.1) is 6.92 Å². The summed E-state index contributed by atoms with van der Waals surface area (Å²) in [6.07, 6.45) is 0. The number of ether oxygens (including phenoxy) is 1. The predicted molar refractivity (Wildman–Crippen MR) is 107 cm³/mol. The summed E-state index contributed by atoms with van der Waals surface area (Å²) in [4.78, 5) is 24.8. The predicted octanol–water partition coefficient (Wildman–Crippen LogP) is 4.51. The van der Waals surface area contributed by atoms with E-state index in [1.807, 2.05) is 43.3 Å². The molecule has 0 aliphatic heterocycles. The Bertz CT molecular complexity index is 965. The molecule has 3 rings (SSSR count). The van der Waals surface area contributed by atoms with E-state index in [1.165, 1.54) is 0 Å². The van der Waals surface area contributed by atoms with Crippen LogP contribution in [0.2, 0.25) is 0 Å². The van der Waals surface area contributed by atoms with E-state index >= 15 is 0 Å². The second kappa shape index (κ2) is 8.19. The molecule has 3 aromatic rings. The molecule has 5 nitrogen and oxygen atoms in total. The highest BCUT2D eigenvalue weighted by Gasteiger charge is 2.12. The van der Waals surface area contributed by atoms with E-state index in [0.717, 1.165) is 11.3 Å². The van der Waals surface area contributed by atoms with E-state index in [2.05, 4.69) is 10.6 Å². The average molecular weight is 360 g/mol.